The average molecular weight is 737 g/mol. The first kappa shape index (κ1) is 33.0. The lowest BCUT2D eigenvalue weighted by Crippen LogP contribution is -2.64. The molecule has 5 aliphatic rings. The number of benzene rings is 1. The number of aryl methyl sites for hydroxylation is 1. The SMILES string of the molecule is Cc1ncnc(C(=O)N2CC[C@@]3(c4c(n(CC(=O)Nc5ccc(C(F)(F)F)cc5Cl)c5nc(C6=CCOCC6)nn5c4=O)C4CC43)[C@@H]3CC[C@@H]32)c1O. The van der Waals surface area contributed by atoms with E-state index in [-0.39, 0.29) is 69.7 Å². The summed E-state index contributed by atoms with van der Waals surface area (Å²) in [4.78, 5) is 56.8. The first-order chi connectivity index (χ1) is 24.9. The van der Waals surface area contributed by atoms with Crippen molar-refractivity contribution in [3.05, 3.63) is 80.0 Å². The van der Waals surface area contributed by atoms with Gasteiger partial charge in [-0.05, 0) is 74.6 Å². The molecule has 1 spiro atoms. The van der Waals surface area contributed by atoms with Crippen molar-refractivity contribution in [3.8, 4) is 5.75 Å². The van der Waals surface area contributed by atoms with Crippen LogP contribution in [0, 0.1) is 18.8 Å². The molecule has 3 fully saturated rings. The first-order valence-corrected chi connectivity index (χ1v) is 17.6. The average Bonchev–Trinajstić information content (AvgIpc) is 3.68. The van der Waals surface area contributed by atoms with Crippen molar-refractivity contribution in [1.29, 1.82) is 0 Å². The Morgan fingerprint density at radius 1 is 1.19 bits per heavy atom. The minimum absolute atomic E-state index is 0.0166. The number of likely N-dealkylation sites (tertiary alicyclic amines) is 1. The molecular weight excluding hydrogens is 705 g/mol. The van der Waals surface area contributed by atoms with Gasteiger partial charge in [0.15, 0.2) is 17.3 Å². The van der Waals surface area contributed by atoms with Gasteiger partial charge in [0.1, 0.15) is 12.9 Å². The Morgan fingerprint density at radius 3 is 2.73 bits per heavy atom. The number of halogens is 4. The lowest BCUT2D eigenvalue weighted by molar-refractivity contribution is -0.137. The molecular formula is C35H32ClF3N8O5. The molecule has 2 amide bonds. The molecule has 2 unspecified atom stereocenters. The van der Waals surface area contributed by atoms with Gasteiger partial charge >= 0.3 is 6.18 Å². The number of rotatable bonds is 5. The van der Waals surface area contributed by atoms with Gasteiger partial charge in [0.25, 0.3) is 11.5 Å². The summed E-state index contributed by atoms with van der Waals surface area (Å²) in [6.07, 6.45) is 1.86. The molecule has 5 heterocycles. The van der Waals surface area contributed by atoms with Crippen molar-refractivity contribution >= 4 is 40.5 Å². The molecule has 13 nitrogen and oxygen atoms in total. The number of aromatic nitrogens is 6. The van der Waals surface area contributed by atoms with Crippen LogP contribution in [0.4, 0.5) is 18.9 Å². The highest BCUT2D eigenvalue weighted by Crippen LogP contribution is 2.72. The maximum atomic E-state index is 14.7. The van der Waals surface area contributed by atoms with Crippen molar-refractivity contribution in [3.63, 3.8) is 0 Å². The largest absolute Gasteiger partial charge is 0.504 e. The number of fused-ring (bicyclic) bond motifs is 8. The van der Waals surface area contributed by atoms with E-state index in [1.807, 2.05) is 6.08 Å². The summed E-state index contributed by atoms with van der Waals surface area (Å²) in [6.45, 7) is 2.49. The van der Waals surface area contributed by atoms with Crippen molar-refractivity contribution in [2.24, 2.45) is 11.8 Å². The van der Waals surface area contributed by atoms with E-state index >= 15 is 0 Å². The topological polar surface area (TPSA) is 157 Å². The maximum Gasteiger partial charge on any atom is 0.416 e. The van der Waals surface area contributed by atoms with Crippen molar-refractivity contribution in [2.45, 2.75) is 69.1 Å². The predicted molar refractivity (Wildman–Crippen MR) is 179 cm³/mol. The second-order valence-electron chi connectivity index (χ2n) is 14.2. The lowest BCUT2D eigenvalue weighted by atomic mass is 9.54. The highest BCUT2D eigenvalue weighted by atomic mass is 35.5. The highest BCUT2D eigenvalue weighted by Gasteiger charge is 2.70. The molecule has 2 saturated carbocycles. The van der Waals surface area contributed by atoms with Gasteiger partial charge in [-0.15, -0.1) is 5.10 Å². The Balaban J connectivity index is 1.12. The summed E-state index contributed by atoms with van der Waals surface area (Å²) >= 11 is 6.18. The molecule has 1 aromatic carbocycles. The van der Waals surface area contributed by atoms with E-state index in [2.05, 4.69) is 20.4 Å². The van der Waals surface area contributed by atoms with E-state index in [0.717, 1.165) is 43.0 Å². The van der Waals surface area contributed by atoms with E-state index in [9.17, 15) is 32.7 Å². The highest BCUT2D eigenvalue weighted by molar-refractivity contribution is 6.33. The number of amides is 2. The zero-order valence-corrected chi connectivity index (χ0v) is 28.5. The van der Waals surface area contributed by atoms with E-state index in [1.54, 1.807) is 16.4 Å². The van der Waals surface area contributed by atoms with Crippen LogP contribution in [0.15, 0.2) is 35.4 Å². The van der Waals surface area contributed by atoms with Crippen LogP contribution in [0.5, 0.6) is 5.75 Å². The molecule has 0 radical (unpaired) electrons. The fourth-order valence-corrected chi connectivity index (χ4v) is 9.42. The fourth-order valence-electron chi connectivity index (χ4n) is 9.19. The Bertz CT molecular complexity index is 2310. The Labute approximate surface area is 298 Å². The molecule has 52 heavy (non-hydrogen) atoms. The third kappa shape index (κ3) is 4.82. The Kier molecular flexibility index (Phi) is 7.36. The number of nitrogens with zero attached hydrogens (tertiary/aromatic N) is 7. The second-order valence-corrected chi connectivity index (χ2v) is 14.6. The van der Waals surface area contributed by atoms with Crippen molar-refractivity contribution in [2.75, 3.05) is 25.1 Å². The summed E-state index contributed by atoms with van der Waals surface area (Å²) in [5.74, 6) is -0.624. The maximum absolute atomic E-state index is 14.7. The van der Waals surface area contributed by atoms with E-state index in [0.29, 0.717) is 55.4 Å². The second kappa shape index (κ2) is 11.6. The molecule has 3 aliphatic carbocycles. The summed E-state index contributed by atoms with van der Waals surface area (Å²) in [6, 6.07) is 2.54. The number of carbonyl (C=O) groups excluding carboxylic acids is 2. The minimum Gasteiger partial charge on any atom is -0.504 e. The molecule has 17 heteroatoms. The molecule has 5 atom stereocenters. The molecule has 1 saturated heterocycles. The Hall–Kier alpha value is -4.83. The van der Waals surface area contributed by atoms with Crippen LogP contribution >= 0.6 is 11.6 Å². The number of ether oxygens (including phenoxy) is 1. The normalized spacial score (nSPS) is 26.0. The van der Waals surface area contributed by atoms with E-state index in [1.165, 1.54) is 10.8 Å². The third-order valence-corrected chi connectivity index (χ3v) is 12.0. The molecule has 2 aliphatic heterocycles. The number of hydrogen-bond donors (Lipinski definition) is 2. The van der Waals surface area contributed by atoms with Crippen LogP contribution in [0.2, 0.25) is 5.02 Å². The van der Waals surface area contributed by atoms with Gasteiger partial charge in [-0.2, -0.15) is 22.7 Å². The number of aromatic hydroxyl groups is 1. The van der Waals surface area contributed by atoms with E-state index < -0.39 is 23.1 Å². The summed E-state index contributed by atoms with van der Waals surface area (Å²) in [5.41, 5.74) is 0.565. The fraction of sp³-hybridized carbons (Fsp3) is 0.457. The monoisotopic (exact) mass is 736 g/mol. The van der Waals surface area contributed by atoms with Crippen LogP contribution in [-0.2, 0) is 27.7 Å². The molecule has 270 valence electrons. The van der Waals surface area contributed by atoms with Gasteiger partial charge < -0.3 is 24.6 Å². The lowest BCUT2D eigenvalue weighted by Gasteiger charge is -2.58. The number of nitrogens with one attached hydrogen (secondary N) is 1. The number of piperidine rings is 1. The summed E-state index contributed by atoms with van der Waals surface area (Å²) in [7, 11) is 0. The van der Waals surface area contributed by atoms with Gasteiger partial charge in [-0.25, -0.2) is 9.97 Å². The smallest absolute Gasteiger partial charge is 0.416 e. The zero-order chi connectivity index (χ0) is 36.3. The van der Waals surface area contributed by atoms with Gasteiger partial charge in [0.05, 0.1) is 35.2 Å². The quantitative estimate of drug-likeness (QED) is 0.302. The van der Waals surface area contributed by atoms with Crippen LogP contribution < -0.4 is 10.9 Å². The third-order valence-electron chi connectivity index (χ3n) is 11.7. The van der Waals surface area contributed by atoms with Gasteiger partial charge in [0.2, 0.25) is 11.7 Å². The van der Waals surface area contributed by atoms with Gasteiger partial charge in [-0.1, -0.05) is 17.7 Å². The van der Waals surface area contributed by atoms with Crippen LogP contribution in [0.3, 0.4) is 0 Å². The van der Waals surface area contributed by atoms with Crippen LogP contribution in [0.25, 0.3) is 11.4 Å². The van der Waals surface area contributed by atoms with Crippen molar-refractivity contribution < 1.29 is 32.6 Å². The summed E-state index contributed by atoms with van der Waals surface area (Å²) in [5, 5.41) is 17.7. The number of carbonyl (C=O) groups is 2. The number of hydrogen-bond acceptors (Lipinski definition) is 9. The number of anilines is 1. The first-order valence-electron chi connectivity index (χ1n) is 17.2. The van der Waals surface area contributed by atoms with Crippen LogP contribution in [0.1, 0.15) is 76.8 Å². The van der Waals surface area contributed by atoms with Gasteiger partial charge in [-0.3, -0.25) is 14.4 Å². The molecule has 0 bridgehead atoms. The van der Waals surface area contributed by atoms with Crippen LogP contribution in [-0.4, -0.2) is 76.8 Å². The standard InChI is InChI=1S/C35H32ClF3N8O5/c1-16-29(49)27(41-15-40-16)32(51)45-9-8-34(20-3-5-24(20)45)21-13-19(21)28-26(34)31(50)47-33(43-30(44-47)17-6-10-52-11-7-17)46(28)14-25(48)42-23-4-2-18(12-22(23)36)35(37,38)39/h2,4,6,12,15,19-21,24,49H,3,5,7-11,13-14H2,1H3,(H,42,48)/t19?,20-,21?,24+,34-/m1/s1. The molecule has 9 rings (SSSR count). The van der Waals surface area contributed by atoms with Crippen molar-refractivity contribution in [1.82, 2.24) is 34.0 Å². The zero-order valence-electron chi connectivity index (χ0n) is 27.8. The van der Waals surface area contributed by atoms with Gasteiger partial charge in [0, 0.05) is 35.2 Å². The summed E-state index contributed by atoms with van der Waals surface area (Å²) < 4.78 is 48.3. The minimum atomic E-state index is -4.60. The Morgan fingerprint density at radius 2 is 2.02 bits per heavy atom. The molecule has 3 aromatic heterocycles. The predicted octanol–water partition coefficient (Wildman–Crippen LogP) is 4.49. The molecule has 4 aromatic rings. The number of alkyl halides is 3. The molecule has 2 N–H and O–H groups in total. The van der Waals surface area contributed by atoms with E-state index in [4.69, 9.17) is 21.3 Å².